The van der Waals surface area contributed by atoms with Crippen molar-refractivity contribution in [1.29, 1.82) is 0 Å². The molecule has 0 saturated carbocycles. The van der Waals surface area contributed by atoms with Crippen LogP contribution >= 0.6 is 11.3 Å². The SMILES string of the molecule is CCNCc1nc(COc2cc(C)[nH]n2)cs1. The Kier molecular flexibility index (Phi) is 4.11. The van der Waals surface area contributed by atoms with Crippen molar-refractivity contribution in [2.75, 3.05) is 6.54 Å². The summed E-state index contributed by atoms with van der Waals surface area (Å²) in [4.78, 5) is 4.46. The van der Waals surface area contributed by atoms with Crippen LogP contribution in [0, 0.1) is 6.92 Å². The second-order valence-corrected chi connectivity index (χ2v) is 4.63. The smallest absolute Gasteiger partial charge is 0.233 e. The van der Waals surface area contributed by atoms with Crippen LogP contribution in [0.4, 0.5) is 0 Å². The van der Waals surface area contributed by atoms with Gasteiger partial charge in [0.25, 0.3) is 0 Å². The van der Waals surface area contributed by atoms with Crippen molar-refractivity contribution < 1.29 is 4.74 Å². The van der Waals surface area contributed by atoms with Gasteiger partial charge in [-0.1, -0.05) is 6.92 Å². The Labute approximate surface area is 104 Å². The molecular formula is C11H16N4OS. The zero-order chi connectivity index (χ0) is 12.1. The molecule has 2 heterocycles. The van der Waals surface area contributed by atoms with Gasteiger partial charge in [0.2, 0.25) is 5.88 Å². The Hall–Kier alpha value is -1.40. The number of ether oxygens (including phenoxy) is 1. The number of aromatic amines is 1. The monoisotopic (exact) mass is 252 g/mol. The lowest BCUT2D eigenvalue weighted by atomic mass is 10.5. The standard InChI is InChI=1S/C11H16N4OS/c1-3-12-5-11-13-9(7-17-11)6-16-10-4-8(2)14-15-10/h4,7,12H,3,5-6H2,1-2H3,(H,14,15). The fourth-order valence-corrected chi connectivity index (χ4v) is 2.09. The summed E-state index contributed by atoms with van der Waals surface area (Å²) in [5.41, 5.74) is 1.94. The second-order valence-electron chi connectivity index (χ2n) is 3.69. The molecule has 0 aliphatic carbocycles. The maximum absolute atomic E-state index is 5.51. The second kappa shape index (κ2) is 5.79. The average molecular weight is 252 g/mol. The number of thiazole rings is 1. The quantitative estimate of drug-likeness (QED) is 0.823. The van der Waals surface area contributed by atoms with Gasteiger partial charge in [0, 0.05) is 23.7 Å². The molecule has 0 amide bonds. The highest BCUT2D eigenvalue weighted by Gasteiger charge is 2.04. The van der Waals surface area contributed by atoms with E-state index in [9.17, 15) is 0 Å². The fraction of sp³-hybridized carbons (Fsp3) is 0.455. The normalized spacial score (nSPS) is 10.7. The van der Waals surface area contributed by atoms with Crippen LogP contribution in [0.15, 0.2) is 11.4 Å². The molecule has 92 valence electrons. The zero-order valence-corrected chi connectivity index (χ0v) is 10.8. The third-order valence-corrected chi connectivity index (χ3v) is 3.07. The van der Waals surface area contributed by atoms with Crippen molar-refractivity contribution in [3.05, 3.63) is 27.8 Å². The van der Waals surface area contributed by atoms with E-state index < -0.39 is 0 Å². The summed E-state index contributed by atoms with van der Waals surface area (Å²) in [5, 5.41) is 13.2. The molecule has 0 spiro atoms. The minimum atomic E-state index is 0.465. The van der Waals surface area contributed by atoms with Crippen LogP contribution in [0.2, 0.25) is 0 Å². The minimum absolute atomic E-state index is 0.465. The Morgan fingerprint density at radius 1 is 1.53 bits per heavy atom. The van der Waals surface area contributed by atoms with E-state index in [-0.39, 0.29) is 0 Å². The van der Waals surface area contributed by atoms with Gasteiger partial charge in [0.1, 0.15) is 11.6 Å². The van der Waals surface area contributed by atoms with Gasteiger partial charge >= 0.3 is 0 Å². The first-order valence-corrected chi connectivity index (χ1v) is 6.44. The maximum Gasteiger partial charge on any atom is 0.233 e. The van der Waals surface area contributed by atoms with E-state index in [1.54, 1.807) is 11.3 Å². The summed E-state index contributed by atoms with van der Waals surface area (Å²) >= 11 is 1.65. The van der Waals surface area contributed by atoms with E-state index in [2.05, 4.69) is 27.4 Å². The molecule has 2 N–H and O–H groups in total. The summed E-state index contributed by atoms with van der Waals surface area (Å²) in [7, 11) is 0. The molecule has 2 rings (SSSR count). The topological polar surface area (TPSA) is 62.8 Å². The predicted molar refractivity (Wildman–Crippen MR) is 67.2 cm³/mol. The molecule has 0 aliphatic rings. The summed E-state index contributed by atoms with van der Waals surface area (Å²) in [6.45, 7) is 6.27. The van der Waals surface area contributed by atoms with Crippen LogP contribution in [0.3, 0.4) is 0 Å². The van der Waals surface area contributed by atoms with Gasteiger partial charge in [0.15, 0.2) is 0 Å². The highest BCUT2D eigenvalue weighted by atomic mass is 32.1. The molecule has 0 unspecified atom stereocenters. The van der Waals surface area contributed by atoms with Gasteiger partial charge in [-0.05, 0) is 13.5 Å². The van der Waals surface area contributed by atoms with Gasteiger partial charge < -0.3 is 10.1 Å². The first-order valence-electron chi connectivity index (χ1n) is 5.56. The molecule has 0 aromatic carbocycles. The molecule has 17 heavy (non-hydrogen) atoms. The number of hydrogen-bond acceptors (Lipinski definition) is 5. The summed E-state index contributed by atoms with van der Waals surface area (Å²) in [6, 6.07) is 1.87. The van der Waals surface area contributed by atoms with Gasteiger partial charge in [-0.25, -0.2) is 4.98 Å². The maximum atomic E-state index is 5.51. The van der Waals surface area contributed by atoms with E-state index in [1.807, 2.05) is 18.4 Å². The van der Waals surface area contributed by atoms with E-state index >= 15 is 0 Å². The van der Waals surface area contributed by atoms with Crippen LogP contribution in [0.5, 0.6) is 5.88 Å². The Balaban J connectivity index is 1.84. The number of aromatic nitrogens is 3. The highest BCUT2D eigenvalue weighted by molar-refractivity contribution is 7.09. The minimum Gasteiger partial charge on any atom is -0.470 e. The van der Waals surface area contributed by atoms with Crippen molar-refractivity contribution in [2.45, 2.75) is 27.0 Å². The van der Waals surface area contributed by atoms with Gasteiger partial charge in [-0.3, -0.25) is 5.10 Å². The van der Waals surface area contributed by atoms with E-state index in [0.29, 0.717) is 12.5 Å². The van der Waals surface area contributed by atoms with Crippen molar-refractivity contribution in [1.82, 2.24) is 20.5 Å². The number of rotatable bonds is 6. The number of hydrogen-bond donors (Lipinski definition) is 2. The van der Waals surface area contributed by atoms with Crippen LogP contribution in [0.1, 0.15) is 23.3 Å². The van der Waals surface area contributed by atoms with Gasteiger partial charge in [0.05, 0.1) is 5.69 Å². The third-order valence-electron chi connectivity index (χ3n) is 2.18. The van der Waals surface area contributed by atoms with E-state index in [1.165, 1.54) is 0 Å². The zero-order valence-electron chi connectivity index (χ0n) is 9.99. The predicted octanol–water partition coefficient (Wildman–Crippen LogP) is 1.86. The first-order chi connectivity index (χ1) is 8.28. The van der Waals surface area contributed by atoms with E-state index in [4.69, 9.17) is 4.74 Å². The molecule has 2 aromatic rings. The lowest BCUT2D eigenvalue weighted by Gasteiger charge is -1.98. The van der Waals surface area contributed by atoms with Crippen molar-refractivity contribution in [3.63, 3.8) is 0 Å². The molecule has 6 heteroatoms. The fourth-order valence-electron chi connectivity index (χ4n) is 1.34. The number of H-pyrrole nitrogens is 1. The third kappa shape index (κ3) is 3.54. The molecule has 0 fully saturated rings. The Morgan fingerprint density at radius 3 is 3.12 bits per heavy atom. The lowest BCUT2D eigenvalue weighted by molar-refractivity contribution is 0.289. The summed E-state index contributed by atoms with van der Waals surface area (Å²) < 4.78 is 5.51. The first kappa shape index (κ1) is 12.1. The molecule has 0 aliphatic heterocycles. The van der Waals surface area contributed by atoms with Crippen molar-refractivity contribution in [2.24, 2.45) is 0 Å². The molecular weight excluding hydrogens is 236 g/mol. The highest BCUT2D eigenvalue weighted by Crippen LogP contribution is 2.13. The van der Waals surface area contributed by atoms with Crippen molar-refractivity contribution in [3.8, 4) is 5.88 Å². The van der Waals surface area contributed by atoms with Crippen molar-refractivity contribution >= 4 is 11.3 Å². The molecule has 0 radical (unpaired) electrons. The lowest BCUT2D eigenvalue weighted by Crippen LogP contribution is -2.11. The van der Waals surface area contributed by atoms with Crippen LogP contribution in [-0.4, -0.2) is 21.7 Å². The molecule has 5 nitrogen and oxygen atoms in total. The molecule has 0 atom stereocenters. The van der Waals surface area contributed by atoms with Crippen LogP contribution < -0.4 is 10.1 Å². The summed E-state index contributed by atoms with van der Waals surface area (Å²) in [5.74, 6) is 0.615. The van der Waals surface area contributed by atoms with E-state index in [0.717, 1.165) is 29.5 Å². The largest absolute Gasteiger partial charge is 0.470 e. The molecule has 0 saturated heterocycles. The Morgan fingerprint density at radius 2 is 2.41 bits per heavy atom. The molecule has 0 bridgehead atoms. The van der Waals surface area contributed by atoms with Crippen LogP contribution in [-0.2, 0) is 13.2 Å². The van der Waals surface area contributed by atoms with Crippen LogP contribution in [0.25, 0.3) is 0 Å². The number of nitrogens with zero attached hydrogens (tertiary/aromatic N) is 2. The Bertz CT molecular complexity index is 465. The molecule has 2 aromatic heterocycles. The number of aryl methyl sites for hydroxylation is 1. The number of nitrogens with one attached hydrogen (secondary N) is 2. The van der Waals surface area contributed by atoms with Gasteiger partial charge in [-0.2, -0.15) is 0 Å². The summed E-state index contributed by atoms with van der Waals surface area (Å²) in [6.07, 6.45) is 0. The average Bonchev–Trinajstić information content (AvgIpc) is 2.93. The van der Waals surface area contributed by atoms with Gasteiger partial charge in [-0.15, -0.1) is 16.4 Å².